The van der Waals surface area contributed by atoms with E-state index in [0.29, 0.717) is 28.0 Å². The molecule has 2 heterocycles. The Morgan fingerprint density at radius 1 is 1.23 bits per heavy atom. The number of carboxylic acid groups (broad SMARTS) is 1. The van der Waals surface area contributed by atoms with Crippen molar-refractivity contribution >= 4 is 11.9 Å². The minimum atomic E-state index is -1.70. The molecule has 0 amide bonds. The van der Waals surface area contributed by atoms with Crippen LogP contribution in [0.15, 0.2) is 11.6 Å². The first-order valence-corrected chi connectivity index (χ1v) is 10.9. The number of allylic oxidation sites excluding steroid dienone is 1. The lowest BCUT2D eigenvalue weighted by Gasteiger charge is -2.40. The number of aliphatic carboxylic acids is 1. The SMILES string of the molecule is COc1c(C)c2c(c(O)c1CC=C(C)[C@H](CC(=O)O)O[C@H]1O[C@H](CO)[C@@H](O)[C@H](O)[C@H]1O)C(=O)OC2. The van der Waals surface area contributed by atoms with E-state index in [1.165, 1.54) is 7.11 Å². The highest BCUT2D eigenvalue weighted by Gasteiger charge is 2.45. The molecule has 3 rings (SSSR count). The largest absolute Gasteiger partial charge is 0.507 e. The van der Waals surface area contributed by atoms with E-state index >= 15 is 0 Å². The molecule has 2 aliphatic rings. The summed E-state index contributed by atoms with van der Waals surface area (Å²) >= 11 is 0. The van der Waals surface area contributed by atoms with Crippen LogP contribution < -0.4 is 4.74 Å². The van der Waals surface area contributed by atoms with Crippen molar-refractivity contribution in [2.45, 2.75) is 70.1 Å². The van der Waals surface area contributed by atoms with Crippen molar-refractivity contribution in [3.05, 3.63) is 33.9 Å². The highest BCUT2D eigenvalue weighted by atomic mass is 16.7. The predicted octanol–water partition coefficient (Wildman–Crippen LogP) is -0.472. The molecule has 1 aromatic carbocycles. The normalized spacial score (nSPS) is 27.3. The Balaban J connectivity index is 1.88. The molecular formula is C23H30O12. The molecule has 6 N–H and O–H groups in total. The molecule has 1 fully saturated rings. The molecule has 194 valence electrons. The number of esters is 1. The van der Waals surface area contributed by atoms with Crippen molar-refractivity contribution in [1.29, 1.82) is 0 Å². The van der Waals surface area contributed by atoms with E-state index in [1.807, 2.05) is 0 Å². The standard InChI is InChI=1S/C23H30O12/c1-9(4-5-11-17(27)16-12(8-33-22(16)31)10(2)21(11)32-3)13(6-15(25)26)34-23-20(30)19(29)18(28)14(7-24)35-23/h4,13-14,18-20,23-24,27-30H,5-8H2,1-3H3,(H,25,26)/t13-,14+,18+,19-,20+,23-/m0/s1. The van der Waals surface area contributed by atoms with Gasteiger partial charge in [-0.3, -0.25) is 4.79 Å². The molecule has 0 radical (unpaired) electrons. The third-order valence-electron chi connectivity index (χ3n) is 6.29. The molecule has 12 nitrogen and oxygen atoms in total. The van der Waals surface area contributed by atoms with Gasteiger partial charge in [0.25, 0.3) is 0 Å². The lowest BCUT2D eigenvalue weighted by Crippen LogP contribution is -2.59. The smallest absolute Gasteiger partial charge is 0.342 e. The summed E-state index contributed by atoms with van der Waals surface area (Å²) in [5.41, 5.74) is 1.90. The average Bonchev–Trinajstić information content (AvgIpc) is 3.21. The number of aliphatic hydroxyl groups is 4. The quantitative estimate of drug-likeness (QED) is 0.190. The molecule has 0 spiro atoms. The van der Waals surface area contributed by atoms with Gasteiger partial charge in [-0.15, -0.1) is 0 Å². The van der Waals surface area contributed by atoms with E-state index in [1.54, 1.807) is 19.9 Å². The first kappa shape index (κ1) is 26.9. The number of benzene rings is 1. The van der Waals surface area contributed by atoms with Crippen LogP contribution in [0.3, 0.4) is 0 Å². The van der Waals surface area contributed by atoms with Crippen molar-refractivity contribution in [2.24, 2.45) is 0 Å². The van der Waals surface area contributed by atoms with Gasteiger partial charge in [-0.2, -0.15) is 0 Å². The van der Waals surface area contributed by atoms with Gasteiger partial charge >= 0.3 is 11.9 Å². The Bertz CT molecular complexity index is 1000. The van der Waals surface area contributed by atoms with Crippen LogP contribution in [0.1, 0.15) is 40.4 Å². The summed E-state index contributed by atoms with van der Waals surface area (Å²) in [5.74, 6) is -1.81. The van der Waals surface area contributed by atoms with E-state index in [4.69, 9.17) is 18.9 Å². The van der Waals surface area contributed by atoms with Gasteiger partial charge in [-0.1, -0.05) is 6.08 Å². The number of ether oxygens (including phenoxy) is 4. The van der Waals surface area contributed by atoms with E-state index in [9.17, 15) is 40.2 Å². The summed E-state index contributed by atoms with van der Waals surface area (Å²) in [6.45, 7) is 2.65. The van der Waals surface area contributed by atoms with Gasteiger partial charge in [0.15, 0.2) is 6.29 Å². The summed E-state index contributed by atoms with van der Waals surface area (Å²) in [6.07, 6.45) is -7.78. The summed E-state index contributed by atoms with van der Waals surface area (Å²) < 4.78 is 21.4. The fourth-order valence-electron chi connectivity index (χ4n) is 4.24. The van der Waals surface area contributed by atoms with Crippen molar-refractivity contribution < 1.29 is 59.2 Å². The zero-order valence-corrected chi connectivity index (χ0v) is 19.5. The van der Waals surface area contributed by atoms with E-state index in [0.717, 1.165) is 0 Å². The minimum Gasteiger partial charge on any atom is -0.507 e. The van der Waals surface area contributed by atoms with Crippen LogP contribution in [0.5, 0.6) is 11.5 Å². The first-order chi connectivity index (χ1) is 16.5. The van der Waals surface area contributed by atoms with Crippen molar-refractivity contribution in [1.82, 2.24) is 0 Å². The van der Waals surface area contributed by atoms with Crippen LogP contribution in [-0.4, -0.2) is 93.1 Å². The highest BCUT2D eigenvalue weighted by Crippen LogP contribution is 2.42. The van der Waals surface area contributed by atoms with Gasteiger partial charge in [0.05, 0.1) is 26.2 Å². The van der Waals surface area contributed by atoms with Crippen molar-refractivity contribution in [2.75, 3.05) is 13.7 Å². The lowest BCUT2D eigenvalue weighted by atomic mass is 9.94. The van der Waals surface area contributed by atoms with Crippen LogP contribution in [0.25, 0.3) is 0 Å². The fraction of sp³-hybridized carbons (Fsp3) is 0.565. The molecule has 0 unspecified atom stereocenters. The number of phenolic OH excluding ortho intramolecular Hbond substituents is 1. The third kappa shape index (κ3) is 5.27. The second kappa shape index (κ2) is 10.9. The number of fused-ring (bicyclic) bond motifs is 1. The van der Waals surface area contributed by atoms with Gasteiger partial charge in [0.1, 0.15) is 48.1 Å². The lowest BCUT2D eigenvalue weighted by molar-refractivity contribution is -0.308. The zero-order valence-electron chi connectivity index (χ0n) is 19.5. The van der Waals surface area contributed by atoms with Gasteiger partial charge in [0, 0.05) is 11.1 Å². The van der Waals surface area contributed by atoms with E-state index in [-0.39, 0.29) is 24.3 Å². The summed E-state index contributed by atoms with van der Waals surface area (Å²) in [4.78, 5) is 23.6. The van der Waals surface area contributed by atoms with Crippen LogP contribution in [0.4, 0.5) is 0 Å². The molecule has 35 heavy (non-hydrogen) atoms. The number of carboxylic acids is 1. The Morgan fingerprint density at radius 3 is 2.51 bits per heavy atom. The monoisotopic (exact) mass is 498 g/mol. The van der Waals surface area contributed by atoms with Crippen molar-refractivity contribution in [3.8, 4) is 11.5 Å². The number of aromatic hydroxyl groups is 1. The van der Waals surface area contributed by atoms with Crippen molar-refractivity contribution in [3.63, 3.8) is 0 Å². The first-order valence-electron chi connectivity index (χ1n) is 10.9. The molecule has 0 aromatic heterocycles. The maximum Gasteiger partial charge on any atom is 0.342 e. The molecule has 6 atom stereocenters. The second-order valence-electron chi connectivity index (χ2n) is 8.49. The van der Waals surface area contributed by atoms with Gasteiger partial charge in [-0.05, 0) is 31.4 Å². The molecule has 1 aromatic rings. The molecule has 0 saturated carbocycles. The number of hydrogen-bond donors (Lipinski definition) is 6. The number of carbonyl (C=O) groups excluding carboxylic acids is 1. The molecular weight excluding hydrogens is 468 g/mol. The van der Waals surface area contributed by atoms with Crippen LogP contribution in [0, 0.1) is 6.92 Å². The highest BCUT2D eigenvalue weighted by molar-refractivity contribution is 5.98. The van der Waals surface area contributed by atoms with E-state index in [2.05, 4.69) is 0 Å². The maximum absolute atomic E-state index is 12.1. The summed E-state index contributed by atoms with van der Waals surface area (Å²) in [6, 6.07) is 0. The molecule has 2 aliphatic heterocycles. The number of phenols is 1. The molecule has 1 saturated heterocycles. The number of rotatable bonds is 9. The topological polar surface area (TPSA) is 192 Å². The van der Waals surface area contributed by atoms with Gasteiger partial charge < -0.3 is 49.6 Å². The van der Waals surface area contributed by atoms with E-state index < -0.39 is 61.8 Å². The second-order valence-corrected chi connectivity index (χ2v) is 8.49. The van der Waals surface area contributed by atoms with Gasteiger partial charge in [0.2, 0.25) is 0 Å². The molecule has 0 bridgehead atoms. The molecule has 12 heteroatoms. The number of carbonyl (C=O) groups is 2. The Labute approximate surface area is 200 Å². The minimum absolute atomic E-state index is 0.0205. The Hall–Kier alpha value is -2.74. The number of methoxy groups -OCH3 is 1. The van der Waals surface area contributed by atoms with Crippen LogP contribution in [-0.2, 0) is 32.0 Å². The molecule has 0 aliphatic carbocycles. The van der Waals surface area contributed by atoms with Crippen LogP contribution >= 0.6 is 0 Å². The Kier molecular flexibility index (Phi) is 8.36. The third-order valence-corrected chi connectivity index (χ3v) is 6.29. The number of hydrogen-bond acceptors (Lipinski definition) is 11. The number of aliphatic hydroxyl groups excluding tert-OH is 4. The average molecular weight is 498 g/mol. The number of cyclic esters (lactones) is 1. The summed E-state index contributed by atoms with van der Waals surface area (Å²) in [5, 5.41) is 59.6. The predicted molar refractivity (Wildman–Crippen MR) is 117 cm³/mol. The zero-order chi connectivity index (χ0) is 26.0. The van der Waals surface area contributed by atoms with Gasteiger partial charge in [-0.25, -0.2) is 4.79 Å². The fourth-order valence-corrected chi connectivity index (χ4v) is 4.24. The van der Waals surface area contributed by atoms with Crippen LogP contribution in [0.2, 0.25) is 0 Å². The Morgan fingerprint density at radius 2 is 1.91 bits per heavy atom. The maximum atomic E-state index is 12.1. The summed E-state index contributed by atoms with van der Waals surface area (Å²) in [7, 11) is 1.42.